The largest absolute Gasteiger partial charge is 0.491 e. The number of hydrogen-bond donors (Lipinski definition) is 6. The van der Waals surface area contributed by atoms with Crippen LogP contribution in [0.3, 0.4) is 0 Å². The van der Waals surface area contributed by atoms with Crippen molar-refractivity contribution >= 4 is 35.7 Å². The maximum absolute atomic E-state index is 14.2. The van der Waals surface area contributed by atoms with E-state index in [0.717, 1.165) is 5.56 Å². The van der Waals surface area contributed by atoms with Crippen molar-refractivity contribution in [1.82, 2.24) is 41.3 Å². The summed E-state index contributed by atoms with van der Waals surface area (Å²) in [6, 6.07) is 12.2. The van der Waals surface area contributed by atoms with Crippen LogP contribution in [-0.2, 0) is 48.1 Å². The molecule has 1 saturated heterocycles. The summed E-state index contributed by atoms with van der Waals surface area (Å²) in [5.41, 5.74) is 1.51. The molecule has 0 unspecified atom stereocenters. The van der Waals surface area contributed by atoms with Crippen LogP contribution in [0.4, 0.5) is 18.0 Å². The first-order valence-electron chi connectivity index (χ1n) is 18.9. The van der Waals surface area contributed by atoms with Gasteiger partial charge in [-0.25, -0.2) is 19.3 Å². The molecule has 3 aromatic rings. The van der Waals surface area contributed by atoms with E-state index in [1.807, 2.05) is 44.2 Å². The van der Waals surface area contributed by atoms with E-state index in [4.69, 9.17) is 19.4 Å². The van der Waals surface area contributed by atoms with E-state index >= 15 is 0 Å². The molecule has 320 valence electrons. The van der Waals surface area contributed by atoms with Crippen molar-refractivity contribution in [3.8, 4) is 5.75 Å². The number of nitrogens with zero attached hydrogens (tertiary/aromatic N) is 3. The molecule has 20 heteroatoms. The van der Waals surface area contributed by atoms with Gasteiger partial charge in [0.2, 0.25) is 23.6 Å². The summed E-state index contributed by atoms with van der Waals surface area (Å²) in [6.07, 6.45) is -4.92. The van der Waals surface area contributed by atoms with Crippen molar-refractivity contribution in [3.63, 3.8) is 0 Å². The number of hydrogen-bond acceptors (Lipinski definition) is 10. The maximum atomic E-state index is 14.2. The van der Waals surface area contributed by atoms with Crippen LogP contribution < -0.4 is 31.3 Å². The summed E-state index contributed by atoms with van der Waals surface area (Å²) in [5, 5.41) is 25.9. The van der Waals surface area contributed by atoms with Crippen LogP contribution in [0.15, 0.2) is 54.6 Å². The second-order valence-corrected chi connectivity index (χ2v) is 14.9. The fourth-order valence-electron chi connectivity index (χ4n) is 6.24. The van der Waals surface area contributed by atoms with E-state index in [9.17, 15) is 37.1 Å². The summed E-state index contributed by atoms with van der Waals surface area (Å²) < 4.78 is 44.2. The highest BCUT2D eigenvalue weighted by Crippen LogP contribution is 2.22. The number of carboxylic acid groups (broad SMARTS) is 1. The lowest BCUT2D eigenvalue weighted by molar-refractivity contribution is -0.192. The normalized spacial score (nSPS) is 21.7. The van der Waals surface area contributed by atoms with Crippen LogP contribution in [0.25, 0.3) is 0 Å². The van der Waals surface area contributed by atoms with Gasteiger partial charge in [0.05, 0.1) is 12.1 Å². The SMILES string of the molecule is Cc1nc2n(n1)CC(=O)N[C@@H](CC(C)C)COc1ccc(cc1)C[C@H](NC(=O)[C@@H]1COC(=O)N1)C(=O)N[C@@H](Cc1ccccc1)C(=O)N[C@H]2C(C)C.O=C(O)C(F)(F)F. The van der Waals surface area contributed by atoms with E-state index in [1.165, 1.54) is 4.68 Å². The van der Waals surface area contributed by atoms with E-state index in [0.29, 0.717) is 29.4 Å². The van der Waals surface area contributed by atoms with Gasteiger partial charge in [0, 0.05) is 12.8 Å². The molecule has 2 bridgehead atoms. The minimum absolute atomic E-state index is 0.0715. The number of carboxylic acids is 1. The van der Waals surface area contributed by atoms with E-state index in [1.54, 1.807) is 31.2 Å². The van der Waals surface area contributed by atoms with Crippen LogP contribution in [0.1, 0.15) is 62.9 Å². The number of cyclic esters (lactones) is 1. The first-order valence-corrected chi connectivity index (χ1v) is 18.9. The molecular formula is C39H49F3N8O9. The van der Waals surface area contributed by atoms with Crippen LogP contribution >= 0.6 is 0 Å². The van der Waals surface area contributed by atoms with Gasteiger partial charge in [-0.05, 0) is 48.4 Å². The number of halogens is 3. The second-order valence-electron chi connectivity index (χ2n) is 14.9. The maximum Gasteiger partial charge on any atom is 0.490 e. The van der Waals surface area contributed by atoms with Crippen LogP contribution in [0.2, 0.25) is 0 Å². The van der Waals surface area contributed by atoms with Crippen molar-refractivity contribution < 1.29 is 56.5 Å². The number of aryl methyl sites for hydroxylation is 1. The number of nitrogens with one attached hydrogen (secondary N) is 5. The fraction of sp³-hybridized carbons (Fsp3) is 0.487. The molecule has 6 N–H and O–H groups in total. The Morgan fingerprint density at radius 1 is 0.915 bits per heavy atom. The molecule has 5 amide bonds. The lowest BCUT2D eigenvalue weighted by Gasteiger charge is -2.28. The molecule has 1 fully saturated rings. The molecule has 0 spiro atoms. The van der Waals surface area contributed by atoms with Gasteiger partial charge in [-0.3, -0.25) is 19.2 Å². The molecule has 0 radical (unpaired) electrons. The molecule has 1 aromatic heterocycles. The molecule has 17 nitrogen and oxygen atoms in total. The van der Waals surface area contributed by atoms with Crippen LogP contribution in [-0.4, -0.2) is 99.1 Å². The van der Waals surface area contributed by atoms with Gasteiger partial charge in [0.25, 0.3) is 0 Å². The lowest BCUT2D eigenvalue weighted by atomic mass is 10.00. The zero-order chi connectivity index (χ0) is 43.4. The number of alkyl halides is 3. The van der Waals surface area contributed by atoms with Crippen molar-refractivity contribution in [3.05, 3.63) is 77.4 Å². The highest BCUT2D eigenvalue weighted by molar-refractivity contribution is 5.94. The quantitative estimate of drug-likeness (QED) is 0.203. The van der Waals surface area contributed by atoms with Crippen LogP contribution in [0, 0.1) is 18.8 Å². The average molecular weight is 831 g/mol. The zero-order valence-corrected chi connectivity index (χ0v) is 33.2. The third kappa shape index (κ3) is 14.0. The number of amides is 5. The Morgan fingerprint density at radius 3 is 2.15 bits per heavy atom. The van der Waals surface area contributed by atoms with Gasteiger partial charge in [0.15, 0.2) is 5.82 Å². The highest BCUT2D eigenvalue weighted by Gasteiger charge is 2.38. The monoisotopic (exact) mass is 830 g/mol. The second kappa shape index (κ2) is 20.5. The van der Waals surface area contributed by atoms with Gasteiger partial charge in [0.1, 0.15) is 49.5 Å². The van der Waals surface area contributed by atoms with Crippen LogP contribution in [0.5, 0.6) is 5.75 Å². The first kappa shape index (κ1) is 45.5. The number of alkyl carbamates (subject to hydrolysis) is 1. The molecule has 59 heavy (non-hydrogen) atoms. The molecule has 6 rings (SSSR count). The zero-order valence-electron chi connectivity index (χ0n) is 33.2. The first-order chi connectivity index (χ1) is 27.8. The number of carbonyl (C=O) groups is 6. The predicted molar refractivity (Wildman–Crippen MR) is 203 cm³/mol. The van der Waals surface area contributed by atoms with E-state index < -0.39 is 60.1 Å². The number of aliphatic carboxylic acids is 1. The number of ether oxygens (including phenoxy) is 2. The number of fused-ring (bicyclic) bond motifs is 14. The molecule has 3 aliphatic rings. The van der Waals surface area contributed by atoms with Gasteiger partial charge >= 0.3 is 18.2 Å². The van der Waals surface area contributed by atoms with E-state index in [2.05, 4.69) is 50.5 Å². The lowest BCUT2D eigenvalue weighted by Crippen LogP contribution is -2.57. The smallest absolute Gasteiger partial charge is 0.490 e. The minimum atomic E-state index is -5.08. The molecule has 3 aliphatic heterocycles. The Kier molecular flexibility index (Phi) is 15.8. The highest BCUT2D eigenvalue weighted by atomic mass is 19.4. The van der Waals surface area contributed by atoms with E-state index in [-0.39, 0.29) is 56.4 Å². The molecule has 0 saturated carbocycles. The van der Waals surface area contributed by atoms with Crippen molar-refractivity contribution in [2.75, 3.05) is 13.2 Å². The van der Waals surface area contributed by atoms with Crippen molar-refractivity contribution in [2.45, 2.75) is 96.8 Å². The number of carbonyl (C=O) groups excluding carboxylic acids is 5. The number of rotatable bonds is 7. The van der Waals surface area contributed by atoms with Crippen molar-refractivity contribution in [1.29, 1.82) is 0 Å². The van der Waals surface area contributed by atoms with Gasteiger partial charge in [-0.1, -0.05) is 70.2 Å². The third-order valence-corrected chi connectivity index (χ3v) is 9.06. The van der Waals surface area contributed by atoms with Gasteiger partial charge < -0.3 is 41.2 Å². The Hall–Kier alpha value is -6.21. The summed E-state index contributed by atoms with van der Waals surface area (Å²) in [6.45, 7) is 9.60. The molecule has 5 atom stereocenters. The fourth-order valence-corrected chi connectivity index (χ4v) is 6.24. The summed E-state index contributed by atoms with van der Waals surface area (Å²) >= 11 is 0. The molecule has 4 heterocycles. The number of benzene rings is 2. The minimum Gasteiger partial charge on any atom is -0.491 e. The van der Waals surface area contributed by atoms with Gasteiger partial charge in [-0.15, -0.1) is 0 Å². The average Bonchev–Trinajstić information content (AvgIpc) is 3.76. The standard InChI is InChI=1S/C37H48N8O7.C2HF3O2/c1-21(2)15-26-19-51-27-13-11-25(12-14-27)17-28(41-36(49)30-20-52-37(50)42-30)34(47)40-29(16-24-9-7-6-8-10-24)35(48)43-32(22(3)4)33-38-23(5)44-45(33)18-31(46)39-26;3-2(4,5)1(6)7/h6-14,21-22,26,28-30,32H,15-20H2,1-5H3,(H,39,46)(H,40,47)(H,41,49)(H,42,50)(H,43,48);(H,6,7)/t26-,28-,29-,30-,32-;/m0./s1. The Balaban J connectivity index is 0.00000101. The summed E-state index contributed by atoms with van der Waals surface area (Å²) in [5.74, 6) is -3.22. The molecule has 2 aromatic carbocycles. The molecular weight excluding hydrogens is 781 g/mol. The summed E-state index contributed by atoms with van der Waals surface area (Å²) in [7, 11) is 0. The summed E-state index contributed by atoms with van der Waals surface area (Å²) in [4.78, 5) is 80.2. The Labute approximate surface area is 338 Å². The number of aromatic nitrogens is 3. The third-order valence-electron chi connectivity index (χ3n) is 9.06. The topological polar surface area (TPSA) is 232 Å². The Morgan fingerprint density at radius 2 is 1.58 bits per heavy atom. The van der Waals surface area contributed by atoms with Crippen molar-refractivity contribution in [2.24, 2.45) is 11.8 Å². The predicted octanol–water partition coefficient (Wildman–Crippen LogP) is 2.52. The molecule has 0 aliphatic carbocycles. The Bertz CT molecular complexity index is 1940. The van der Waals surface area contributed by atoms with Gasteiger partial charge in [-0.2, -0.15) is 18.3 Å².